The maximum Gasteiger partial charge on any atom is 0.328 e. The molecule has 1 fully saturated rings. The van der Waals surface area contributed by atoms with Crippen molar-refractivity contribution in [1.82, 2.24) is 19.5 Å². The fourth-order valence-corrected chi connectivity index (χ4v) is 4.20. The van der Waals surface area contributed by atoms with Crippen LogP contribution in [-0.4, -0.2) is 35.5 Å². The second-order valence-corrected chi connectivity index (χ2v) is 8.98. The molecule has 142 valence electrons. The first-order valence-electron chi connectivity index (χ1n) is 9.05. The monoisotopic (exact) mass is 386 g/mol. The van der Waals surface area contributed by atoms with Crippen molar-refractivity contribution in [2.75, 3.05) is 11.1 Å². The normalized spacial score (nSPS) is 16.3. The van der Waals surface area contributed by atoms with E-state index in [2.05, 4.69) is 20.3 Å². The van der Waals surface area contributed by atoms with Crippen molar-refractivity contribution in [3.63, 3.8) is 0 Å². The number of benzene rings is 1. The highest BCUT2D eigenvalue weighted by atomic mass is 32.2. The molecule has 0 radical (unpaired) electrons. The van der Waals surface area contributed by atoms with Crippen molar-refractivity contribution < 1.29 is 4.21 Å². The average Bonchev–Trinajstić information content (AvgIpc) is 3.40. The maximum absolute atomic E-state index is 12.8. The Labute approximate surface area is 157 Å². The molecular formula is C18H22N6O2S. The number of aromatic amines is 1. The van der Waals surface area contributed by atoms with Gasteiger partial charge in [0.25, 0.3) is 0 Å². The summed E-state index contributed by atoms with van der Waals surface area (Å²) in [4.78, 5) is 24.2. The van der Waals surface area contributed by atoms with Gasteiger partial charge in [0.05, 0.1) is 6.54 Å². The van der Waals surface area contributed by atoms with Crippen molar-refractivity contribution in [2.24, 2.45) is 0 Å². The minimum atomic E-state index is -3.11. The Balaban J connectivity index is 1.88. The fourth-order valence-electron chi connectivity index (χ4n) is 2.97. The van der Waals surface area contributed by atoms with E-state index in [1.165, 1.54) is 4.57 Å². The Morgan fingerprint density at radius 3 is 2.70 bits per heavy atom. The zero-order valence-electron chi connectivity index (χ0n) is 15.1. The van der Waals surface area contributed by atoms with Gasteiger partial charge in [0.1, 0.15) is 15.2 Å². The third kappa shape index (κ3) is 3.59. The van der Waals surface area contributed by atoms with Gasteiger partial charge in [-0.1, -0.05) is 37.3 Å². The Bertz CT molecular complexity index is 1130. The number of aromatic nitrogens is 4. The number of anilines is 1. The van der Waals surface area contributed by atoms with Crippen LogP contribution in [0, 0.1) is 4.78 Å². The Morgan fingerprint density at radius 1 is 1.30 bits per heavy atom. The summed E-state index contributed by atoms with van der Waals surface area (Å²) < 4.78 is 22.5. The van der Waals surface area contributed by atoms with Gasteiger partial charge in [0.15, 0.2) is 11.5 Å². The van der Waals surface area contributed by atoms with Crippen molar-refractivity contribution >= 4 is 26.7 Å². The van der Waals surface area contributed by atoms with Gasteiger partial charge in [0, 0.05) is 11.8 Å². The summed E-state index contributed by atoms with van der Waals surface area (Å²) in [6.07, 6.45) is 2.65. The highest BCUT2D eigenvalue weighted by Crippen LogP contribution is 2.28. The fraction of sp³-hybridized carbons (Fsp3) is 0.389. The molecule has 1 atom stereocenters. The van der Waals surface area contributed by atoms with Gasteiger partial charge < -0.3 is 10.3 Å². The molecular weight excluding hydrogens is 364 g/mol. The quantitative estimate of drug-likeness (QED) is 0.540. The Kier molecular flexibility index (Phi) is 4.47. The van der Waals surface area contributed by atoms with Crippen LogP contribution in [0.3, 0.4) is 0 Å². The number of hydrogen-bond donors (Lipinski definition) is 3. The van der Waals surface area contributed by atoms with Gasteiger partial charge in [-0.05, 0) is 24.8 Å². The van der Waals surface area contributed by atoms with Crippen molar-refractivity contribution in [3.8, 4) is 0 Å². The van der Waals surface area contributed by atoms with Crippen LogP contribution in [0.25, 0.3) is 11.2 Å². The predicted octanol–water partition coefficient (Wildman–Crippen LogP) is 2.56. The molecule has 3 aromatic rings. The van der Waals surface area contributed by atoms with Crippen LogP contribution < -0.4 is 11.0 Å². The van der Waals surface area contributed by atoms with E-state index in [0.717, 1.165) is 18.4 Å². The van der Waals surface area contributed by atoms with E-state index in [0.29, 0.717) is 36.0 Å². The number of H-pyrrole nitrogens is 1. The van der Waals surface area contributed by atoms with Gasteiger partial charge in [-0.25, -0.2) is 18.8 Å². The minimum Gasteiger partial charge on any atom is -0.365 e. The molecule has 3 N–H and O–H groups in total. The van der Waals surface area contributed by atoms with Gasteiger partial charge in [0.2, 0.25) is 5.16 Å². The molecule has 9 heteroatoms. The van der Waals surface area contributed by atoms with Crippen molar-refractivity contribution in [2.45, 2.75) is 43.9 Å². The molecule has 0 saturated heterocycles. The molecule has 1 aromatic carbocycles. The molecule has 2 heterocycles. The van der Waals surface area contributed by atoms with Crippen molar-refractivity contribution in [3.05, 3.63) is 46.4 Å². The highest BCUT2D eigenvalue weighted by molar-refractivity contribution is 7.92. The third-order valence-electron chi connectivity index (χ3n) is 4.49. The van der Waals surface area contributed by atoms with Crippen LogP contribution >= 0.6 is 0 Å². The molecule has 27 heavy (non-hydrogen) atoms. The minimum absolute atomic E-state index is 0.0131. The standard InChI is InChI=1S/C18H22N6O2S/c1-2-10-27(19,26)17-22-15(20-13-8-9-13)14-16(23-17)24(18(25)21-14)11-12-6-4-3-5-7-12/h3-7,13,19H,2,8-11H2,1H3,(H,21,25)(H,20,22,23). The number of hydrogen-bond acceptors (Lipinski definition) is 6. The zero-order valence-corrected chi connectivity index (χ0v) is 15.9. The number of imidazole rings is 1. The third-order valence-corrected chi connectivity index (χ3v) is 6.25. The lowest BCUT2D eigenvalue weighted by molar-refractivity contribution is 0.664. The van der Waals surface area contributed by atoms with Crippen LogP contribution in [0.4, 0.5) is 5.82 Å². The summed E-state index contributed by atoms with van der Waals surface area (Å²) in [5, 5.41) is 3.26. The first-order chi connectivity index (χ1) is 13.0. The molecule has 1 aliphatic carbocycles. The summed E-state index contributed by atoms with van der Waals surface area (Å²) >= 11 is 0. The first-order valence-corrected chi connectivity index (χ1v) is 10.8. The van der Waals surface area contributed by atoms with Gasteiger partial charge >= 0.3 is 5.69 Å². The average molecular weight is 386 g/mol. The number of rotatable bonds is 7. The van der Waals surface area contributed by atoms with Gasteiger partial charge in [-0.2, -0.15) is 4.98 Å². The van der Waals surface area contributed by atoms with E-state index in [9.17, 15) is 9.00 Å². The largest absolute Gasteiger partial charge is 0.365 e. The molecule has 1 aliphatic rings. The van der Waals surface area contributed by atoms with Crippen LogP contribution in [0.5, 0.6) is 0 Å². The molecule has 0 spiro atoms. The lowest BCUT2D eigenvalue weighted by Gasteiger charge is -2.10. The molecule has 0 aliphatic heterocycles. The van der Waals surface area contributed by atoms with E-state index in [-0.39, 0.29) is 16.6 Å². The van der Waals surface area contributed by atoms with Gasteiger partial charge in [-0.15, -0.1) is 0 Å². The predicted molar refractivity (Wildman–Crippen MR) is 105 cm³/mol. The molecule has 8 nitrogen and oxygen atoms in total. The first kappa shape index (κ1) is 17.7. The summed E-state index contributed by atoms with van der Waals surface area (Å²) in [5.41, 5.74) is 1.54. The van der Waals surface area contributed by atoms with Crippen molar-refractivity contribution in [1.29, 1.82) is 4.78 Å². The van der Waals surface area contributed by atoms with E-state index in [4.69, 9.17) is 4.78 Å². The van der Waals surface area contributed by atoms with Crippen LogP contribution in [0.2, 0.25) is 0 Å². The molecule has 0 amide bonds. The van der Waals surface area contributed by atoms with E-state index >= 15 is 0 Å². The topological polar surface area (TPSA) is 117 Å². The lowest BCUT2D eigenvalue weighted by Crippen LogP contribution is -2.18. The highest BCUT2D eigenvalue weighted by Gasteiger charge is 2.26. The lowest BCUT2D eigenvalue weighted by atomic mass is 10.2. The number of nitrogens with one attached hydrogen (secondary N) is 3. The number of fused-ring (bicyclic) bond motifs is 1. The Morgan fingerprint density at radius 2 is 2.04 bits per heavy atom. The maximum atomic E-state index is 12.8. The van der Waals surface area contributed by atoms with E-state index in [1.54, 1.807) is 0 Å². The van der Waals surface area contributed by atoms with Crippen LogP contribution in [0.1, 0.15) is 31.7 Å². The molecule has 1 unspecified atom stereocenters. The van der Waals surface area contributed by atoms with Gasteiger partial charge in [-0.3, -0.25) is 4.57 Å². The molecule has 1 saturated carbocycles. The second-order valence-electron chi connectivity index (χ2n) is 6.85. The molecule has 2 aromatic heterocycles. The van der Waals surface area contributed by atoms with E-state index < -0.39 is 9.73 Å². The number of nitrogens with zero attached hydrogens (tertiary/aromatic N) is 3. The summed E-state index contributed by atoms with van der Waals surface area (Å²) in [6.45, 7) is 2.21. The van der Waals surface area contributed by atoms with Crippen LogP contribution in [0.15, 0.2) is 40.3 Å². The smallest absolute Gasteiger partial charge is 0.328 e. The summed E-state index contributed by atoms with van der Waals surface area (Å²) in [6, 6.07) is 9.90. The second kappa shape index (κ2) is 6.80. The van der Waals surface area contributed by atoms with Crippen LogP contribution in [-0.2, 0) is 16.3 Å². The van der Waals surface area contributed by atoms with E-state index in [1.807, 2.05) is 37.3 Å². The zero-order chi connectivity index (χ0) is 19.0. The summed E-state index contributed by atoms with van der Waals surface area (Å²) in [7, 11) is -3.11. The molecule has 4 rings (SSSR count). The molecule has 0 bridgehead atoms. The SMILES string of the molecule is CCCS(=N)(=O)c1nc(NC2CC2)c2[nH]c(=O)n(Cc3ccccc3)c2n1. The Hall–Kier alpha value is -2.68. The summed E-state index contributed by atoms with van der Waals surface area (Å²) in [5.74, 6) is 0.645.